The zero-order chi connectivity index (χ0) is 15.3. The highest BCUT2D eigenvalue weighted by molar-refractivity contribution is 7.80. The van der Waals surface area contributed by atoms with Gasteiger partial charge in [0, 0.05) is 0 Å². The average molecular weight is 310 g/mol. The Morgan fingerprint density at radius 3 is 2.05 bits per heavy atom. The number of rotatable bonds is 14. The molecular weight excluding hydrogens is 280 g/mol. The SMILES string of the molecule is CCCCCCCCCCC(C)OCCOS(=O)(=O)O. The third-order valence-electron chi connectivity index (χ3n) is 3.18. The monoisotopic (exact) mass is 310 g/mol. The predicted octanol–water partition coefficient (Wildman–Crippen LogP) is 3.74. The van der Waals surface area contributed by atoms with Gasteiger partial charge < -0.3 is 4.74 Å². The highest BCUT2D eigenvalue weighted by Gasteiger charge is 2.06. The normalized spacial score (nSPS) is 13.6. The van der Waals surface area contributed by atoms with E-state index in [0.29, 0.717) is 0 Å². The van der Waals surface area contributed by atoms with Gasteiger partial charge >= 0.3 is 10.4 Å². The Bertz CT molecular complexity index is 303. The molecule has 0 aliphatic heterocycles. The van der Waals surface area contributed by atoms with E-state index in [0.717, 1.165) is 12.8 Å². The first-order valence-corrected chi connectivity index (χ1v) is 9.05. The number of hydrogen-bond acceptors (Lipinski definition) is 4. The second kappa shape index (κ2) is 12.6. The molecule has 1 atom stereocenters. The molecule has 0 bridgehead atoms. The van der Waals surface area contributed by atoms with E-state index in [-0.39, 0.29) is 19.3 Å². The molecule has 0 spiro atoms. The first kappa shape index (κ1) is 19.8. The fraction of sp³-hybridized carbons (Fsp3) is 1.00. The molecule has 0 heterocycles. The first-order valence-electron chi connectivity index (χ1n) is 7.69. The minimum Gasteiger partial charge on any atom is -0.376 e. The minimum absolute atomic E-state index is 0.0973. The van der Waals surface area contributed by atoms with Crippen LogP contribution >= 0.6 is 0 Å². The fourth-order valence-electron chi connectivity index (χ4n) is 2.04. The van der Waals surface area contributed by atoms with Crippen LogP contribution in [0.15, 0.2) is 0 Å². The molecule has 0 rings (SSSR count). The molecule has 0 fully saturated rings. The van der Waals surface area contributed by atoms with E-state index in [1.807, 2.05) is 6.92 Å². The molecule has 0 saturated carbocycles. The van der Waals surface area contributed by atoms with Gasteiger partial charge in [0.15, 0.2) is 0 Å². The van der Waals surface area contributed by atoms with Crippen LogP contribution in [0.3, 0.4) is 0 Å². The Kier molecular flexibility index (Phi) is 12.5. The van der Waals surface area contributed by atoms with Crippen LogP contribution in [0.4, 0.5) is 0 Å². The quantitative estimate of drug-likeness (QED) is 0.391. The molecule has 0 aliphatic rings. The summed E-state index contributed by atoms with van der Waals surface area (Å²) in [5.41, 5.74) is 0. The Morgan fingerprint density at radius 2 is 1.50 bits per heavy atom. The van der Waals surface area contributed by atoms with Gasteiger partial charge in [0.25, 0.3) is 0 Å². The van der Waals surface area contributed by atoms with Crippen molar-refractivity contribution in [2.75, 3.05) is 13.2 Å². The standard InChI is InChI=1S/C14H30O5S/c1-3-4-5-6-7-8-9-10-11-14(2)18-12-13-19-20(15,16)17/h14H,3-13H2,1-2H3,(H,15,16,17). The van der Waals surface area contributed by atoms with Crippen molar-refractivity contribution in [2.24, 2.45) is 0 Å². The minimum atomic E-state index is -4.34. The molecule has 0 saturated heterocycles. The second-order valence-electron chi connectivity index (χ2n) is 5.19. The van der Waals surface area contributed by atoms with Crippen molar-refractivity contribution in [3.63, 3.8) is 0 Å². The smallest absolute Gasteiger partial charge is 0.376 e. The molecule has 0 radical (unpaired) electrons. The van der Waals surface area contributed by atoms with Gasteiger partial charge in [-0.15, -0.1) is 0 Å². The zero-order valence-electron chi connectivity index (χ0n) is 12.8. The summed E-state index contributed by atoms with van der Waals surface area (Å²) in [5, 5.41) is 0. The molecule has 20 heavy (non-hydrogen) atoms. The Morgan fingerprint density at radius 1 is 0.950 bits per heavy atom. The maximum Gasteiger partial charge on any atom is 0.397 e. The van der Waals surface area contributed by atoms with Crippen LogP contribution in [0.5, 0.6) is 0 Å². The Balaban J connectivity index is 3.26. The topological polar surface area (TPSA) is 72.8 Å². The predicted molar refractivity (Wildman–Crippen MR) is 80.1 cm³/mol. The van der Waals surface area contributed by atoms with Gasteiger partial charge in [0.2, 0.25) is 0 Å². The molecule has 5 nitrogen and oxygen atoms in total. The van der Waals surface area contributed by atoms with Gasteiger partial charge in [0.1, 0.15) is 0 Å². The van der Waals surface area contributed by atoms with Crippen molar-refractivity contribution in [3.8, 4) is 0 Å². The number of unbranched alkanes of at least 4 members (excludes halogenated alkanes) is 7. The van der Waals surface area contributed by atoms with Crippen LogP contribution in [0.2, 0.25) is 0 Å². The Hall–Kier alpha value is -0.170. The van der Waals surface area contributed by atoms with Gasteiger partial charge in [0.05, 0.1) is 19.3 Å². The summed E-state index contributed by atoms with van der Waals surface area (Å²) in [6.07, 6.45) is 11.3. The van der Waals surface area contributed by atoms with Crippen molar-refractivity contribution in [1.29, 1.82) is 0 Å². The van der Waals surface area contributed by atoms with E-state index >= 15 is 0 Å². The number of hydrogen-bond donors (Lipinski definition) is 1. The number of ether oxygens (including phenoxy) is 1. The van der Waals surface area contributed by atoms with Crippen molar-refractivity contribution in [2.45, 2.75) is 77.7 Å². The van der Waals surface area contributed by atoms with Crippen molar-refractivity contribution in [3.05, 3.63) is 0 Å². The maximum atomic E-state index is 10.3. The molecule has 0 aliphatic carbocycles. The van der Waals surface area contributed by atoms with Gasteiger partial charge in [-0.05, 0) is 13.3 Å². The van der Waals surface area contributed by atoms with Gasteiger partial charge in [-0.3, -0.25) is 4.55 Å². The average Bonchev–Trinajstić information content (AvgIpc) is 2.37. The molecule has 0 aromatic carbocycles. The van der Waals surface area contributed by atoms with E-state index < -0.39 is 10.4 Å². The summed E-state index contributed by atoms with van der Waals surface area (Å²) < 4.78 is 38.5. The van der Waals surface area contributed by atoms with E-state index in [1.54, 1.807) is 0 Å². The summed E-state index contributed by atoms with van der Waals surface area (Å²) in [4.78, 5) is 0. The summed E-state index contributed by atoms with van der Waals surface area (Å²) in [6.45, 7) is 4.23. The zero-order valence-corrected chi connectivity index (χ0v) is 13.7. The summed E-state index contributed by atoms with van der Waals surface area (Å²) in [6, 6.07) is 0. The van der Waals surface area contributed by atoms with Gasteiger partial charge in [-0.25, -0.2) is 4.18 Å². The van der Waals surface area contributed by atoms with Crippen LogP contribution < -0.4 is 0 Å². The fourth-order valence-corrected chi connectivity index (χ4v) is 2.32. The molecule has 0 aromatic heterocycles. The van der Waals surface area contributed by atoms with E-state index in [4.69, 9.17) is 9.29 Å². The van der Waals surface area contributed by atoms with Crippen LogP contribution in [-0.2, 0) is 19.3 Å². The van der Waals surface area contributed by atoms with Crippen LogP contribution in [0.1, 0.15) is 71.6 Å². The summed E-state index contributed by atoms with van der Waals surface area (Å²) in [7, 11) is -4.34. The molecule has 0 aromatic rings. The molecule has 1 N–H and O–H groups in total. The second-order valence-corrected chi connectivity index (χ2v) is 6.29. The highest BCUT2D eigenvalue weighted by atomic mass is 32.3. The van der Waals surface area contributed by atoms with Gasteiger partial charge in [-0.1, -0.05) is 58.3 Å². The third-order valence-corrected chi connectivity index (χ3v) is 3.65. The summed E-state index contributed by atoms with van der Waals surface area (Å²) >= 11 is 0. The van der Waals surface area contributed by atoms with Crippen molar-refractivity contribution < 1.29 is 21.9 Å². The molecule has 6 heteroatoms. The van der Waals surface area contributed by atoms with E-state index in [9.17, 15) is 8.42 Å². The van der Waals surface area contributed by atoms with Crippen LogP contribution in [0.25, 0.3) is 0 Å². The molecule has 122 valence electrons. The van der Waals surface area contributed by atoms with E-state index in [2.05, 4.69) is 11.1 Å². The largest absolute Gasteiger partial charge is 0.397 e. The first-order chi connectivity index (χ1) is 9.45. The highest BCUT2D eigenvalue weighted by Crippen LogP contribution is 2.11. The molecular formula is C14H30O5S. The van der Waals surface area contributed by atoms with Crippen LogP contribution in [0, 0.1) is 0 Å². The molecule has 1 unspecified atom stereocenters. The van der Waals surface area contributed by atoms with Gasteiger partial charge in [-0.2, -0.15) is 8.42 Å². The van der Waals surface area contributed by atoms with Crippen LogP contribution in [-0.4, -0.2) is 32.3 Å². The third kappa shape index (κ3) is 15.9. The molecule has 0 amide bonds. The lowest BCUT2D eigenvalue weighted by Crippen LogP contribution is -2.15. The lowest BCUT2D eigenvalue weighted by atomic mass is 10.1. The maximum absolute atomic E-state index is 10.3. The summed E-state index contributed by atoms with van der Waals surface area (Å²) in [5.74, 6) is 0. The van der Waals surface area contributed by atoms with Crippen molar-refractivity contribution >= 4 is 10.4 Å². The lowest BCUT2D eigenvalue weighted by molar-refractivity contribution is 0.0373. The Labute approximate surface area is 124 Å². The van der Waals surface area contributed by atoms with Crippen molar-refractivity contribution in [1.82, 2.24) is 0 Å². The van der Waals surface area contributed by atoms with E-state index in [1.165, 1.54) is 44.9 Å². The lowest BCUT2D eigenvalue weighted by Gasteiger charge is -2.12.